The Balaban J connectivity index is 1.82. The zero-order valence-corrected chi connectivity index (χ0v) is 14.4. The summed E-state index contributed by atoms with van der Waals surface area (Å²) in [5, 5.41) is 0. The Morgan fingerprint density at radius 1 is 1.39 bits per heavy atom. The molecule has 1 amide bonds. The Labute approximate surface area is 144 Å². The third kappa shape index (κ3) is 3.33. The number of hydrogen-bond donors (Lipinski definition) is 0. The van der Waals surface area contributed by atoms with E-state index in [-0.39, 0.29) is 5.91 Å². The van der Waals surface area contributed by atoms with Gasteiger partial charge in [-0.3, -0.25) is 9.69 Å². The van der Waals surface area contributed by atoms with Crippen molar-refractivity contribution in [2.75, 3.05) is 7.11 Å². The molecule has 0 saturated carbocycles. The summed E-state index contributed by atoms with van der Waals surface area (Å²) in [6.07, 6.45) is 3.44. The fourth-order valence-corrected chi connectivity index (χ4v) is 3.59. The number of rotatable bonds is 4. The molecule has 0 unspecified atom stereocenters. The number of aryl methyl sites for hydroxylation is 1. The Bertz CT molecular complexity index is 781. The average Bonchev–Trinajstić information content (AvgIpc) is 3.12. The van der Waals surface area contributed by atoms with Gasteiger partial charge in [-0.15, -0.1) is 0 Å². The lowest BCUT2D eigenvalue weighted by Gasteiger charge is -2.12. The van der Waals surface area contributed by atoms with Crippen molar-refractivity contribution in [2.45, 2.75) is 13.5 Å². The first-order valence-electron chi connectivity index (χ1n) is 7.01. The lowest BCUT2D eigenvalue weighted by atomic mass is 10.1. The van der Waals surface area contributed by atoms with E-state index in [1.54, 1.807) is 24.3 Å². The van der Waals surface area contributed by atoms with Crippen molar-refractivity contribution in [1.29, 1.82) is 0 Å². The quantitative estimate of drug-likeness (QED) is 0.619. The van der Waals surface area contributed by atoms with Crippen LogP contribution in [0.2, 0.25) is 0 Å². The van der Waals surface area contributed by atoms with Gasteiger partial charge in [0.05, 0.1) is 24.8 Å². The van der Waals surface area contributed by atoms with Crippen LogP contribution in [-0.4, -0.2) is 22.2 Å². The van der Waals surface area contributed by atoms with Crippen LogP contribution < -0.4 is 4.74 Å². The minimum atomic E-state index is -0.0927. The third-order valence-corrected chi connectivity index (χ3v) is 4.86. The van der Waals surface area contributed by atoms with Crippen LogP contribution in [0.4, 0.5) is 0 Å². The van der Waals surface area contributed by atoms with Crippen LogP contribution in [0.25, 0.3) is 6.08 Å². The van der Waals surface area contributed by atoms with Gasteiger partial charge in [0, 0.05) is 0 Å². The highest BCUT2D eigenvalue weighted by Crippen LogP contribution is 2.34. The summed E-state index contributed by atoms with van der Waals surface area (Å²) in [6.45, 7) is 2.33. The monoisotopic (exact) mass is 345 g/mol. The maximum absolute atomic E-state index is 12.5. The first-order chi connectivity index (χ1) is 11.1. The molecule has 0 aliphatic carbocycles. The fraction of sp³-hybridized carbons (Fsp3) is 0.176. The van der Waals surface area contributed by atoms with E-state index >= 15 is 0 Å². The van der Waals surface area contributed by atoms with Gasteiger partial charge >= 0.3 is 0 Å². The number of nitrogens with zero attached hydrogens (tertiary/aromatic N) is 1. The SMILES string of the molecule is COc1ccc(/C=C2\SC(=S)N(Cc3ccco3)C2=O)cc1C. The van der Waals surface area contributed by atoms with Crippen molar-refractivity contribution in [1.82, 2.24) is 4.90 Å². The molecular weight excluding hydrogens is 330 g/mol. The smallest absolute Gasteiger partial charge is 0.266 e. The Hall–Kier alpha value is -2.05. The van der Waals surface area contributed by atoms with Crippen molar-refractivity contribution in [3.05, 3.63) is 58.4 Å². The summed E-state index contributed by atoms with van der Waals surface area (Å²) in [4.78, 5) is 14.7. The second-order valence-corrected chi connectivity index (χ2v) is 6.75. The standard InChI is InChI=1S/C17H15NO3S2/c1-11-8-12(5-6-14(11)20-2)9-15-16(19)18(17(22)23-15)10-13-4-3-7-21-13/h3-9H,10H2,1-2H3/b15-9-. The first kappa shape index (κ1) is 15.8. The summed E-state index contributed by atoms with van der Waals surface area (Å²) in [5.74, 6) is 1.44. The number of thiocarbonyl (C=S) groups is 1. The molecule has 118 valence electrons. The molecule has 1 aromatic carbocycles. The topological polar surface area (TPSA) is 42.7 Å². The number of carbonyl (C=O) groups is 1. The molecule has 1 saturated heterocycles. The van der Waals surface area contributed by atoms with Crippen LogP contribution in [0.5, 0.6) is 5.75 Å². The Morgan fingerprint density at radius 2 is 2.22 bits per heavy atom. The number of ether oxygens (including phenoxy) is 1. The normalized spacial score (nSPS) is 16.4. The van der Waals surface area contributed by atoms with Gasteiger partial charge < -0.3 is 9.15 Å². The van der Waals surface area contributed by atoms with Gasteiger partial charge in [0.2, 0.25) is 0 Å². The van der Waals surface area contributed by atoms with Crippen LogP contribution >= 0.6 is 24.0 Å². The molecule has 0 spiro atoms. The highest BCUT2D eigenvalue weighted by atomic mass is 32.2. The van der Waals surface area contributed by atoms with Crippen LogP contribution in [0.3, 0.4) is 0 Å². The lowest BCUT2D eigenvalue weighted by molar-refractivity contribution is -0.122. The van der Waals surface area contributed by atoms with Crippen molar-refractivity contribution >= 4 is 40.3 Å². The van der Waals surface area contributed by atoms with Gasteiger partial charge in [-0.1, -0.05) is 30.0 Å². The number of hydrogen-bond acceptors (Lipinski definition) is 5. The summed E-state index contributed by atoms with van der Waals surface area (Å²) in [5.41, 5.74) is 1.97. The minimum Gasteiger partial charge on any atom is -0.496 e. The summed E-state index contributed by atoms with van der Waals surface area (Å²) < 4.78 is 11.1. The molecule has 0 N–H and O–H groups in total. The maximum Gasteiger partial charge on any atom is 0.266 e. The predicted molar refractivity (Wildman–Crippen MR) is 95.2 cm³/mol. The van der Waals surface area contributed by atoms with E-state index in [4.69, 9.17) is 21.4 Å². The zero-order chi connectivity index (χ0) is 16.4. The summed E-state index contributed by atoms with van der Waals surface area (Å²) in [6, 6.07) is 9.42. The number of thioether (sulfide) groups is 1. The second-order valence-electron chi connectivity index (χ2n) is 5.08. The van der Waals surface area contributed by atoms with Crippen molar-refractivity contribution in [2.24, 2.45) is 0 Å². The molecule has 4 nitrogen and oxygen atoms in total. The van der Waals surface area contributed by atoms with Crippen LogP contribution in [0, 0.1) is 6.92 Å². The second kappa shape index (κ2) is 6.60. The van der Waals surface area contributed by atoms with E-state index in [0.29, 0.717) is 21.5 Å². The van der Waals surface area contributed by atoms with Crippen LogP contribution in [0.1, 0.15) is 16.9 Å². The number of methoxy groups -OCH3 is 1. The summed E-state index contributed by atoms with van der Waals surface area (Å²) >= 11 is 6.63. The van der Waals surface area contributed by atoms with Gasteiger partial charge in [0.25, 0.3) is 5.91 Å². The molecule has 0 bridgehead atoms. The molecule has 2 heterocycles. The van der Waals surface area contributed by atoms with E-state index in [0.717, 1.165) is 16.9 Å². The number of amides is 1. The Morgan fingerprint density at radius 3 is 2.87 bits per heavy atom. The molecular formula is C17H15NO3S2. The molecule has 2 aromatic rings. The van der Waals surface area contributed by atoms with Crippen molar-refractivity contribution in [3.63, 3.8) is 0 Å². The molecule has 0 atom stereocenters. The van der Waals surface area contributed by atoms with Gasteiger partial charge in [0.1, 0.15) is 15.8 Å². The van der Waals surface area contributed by atoms with Gasteiger partial charge in [-0.25, -0.2) is 0 Å². The van der Waals surface area contributed by atoms with E-state index in [2.05, 4.69) is 0 Å². The molecule has 1 aliphatic heterocycles. The summed E-state index contributed by atoms with van der Waals surface area (Å²) in [7, 11) is 1.64. The van der Waals surface area contributed by atoms with Crippen molar-refractivity contribution < 1.29 is 13.9 Å². The Kier molecular flexibility index (Phi) is 4.54. The molecule has 23 heavy (non-hydrogen) atoms. The van der Waals surface area contributed by atoms with E-state index in [1.165, 1.54) is 11.8 Å². The average molecular weight is 345 g/mol. The highest BCUT2D eigenvalue weighted by Gasteiger charge is 2.32. The van der Waals surface area contributed by atoms with Crippen molar-refractivity contribution in [3.8, 4) is 5.75 Å². The van der Waals surface area contributed by atoms with Crippen LogP contribution in [-0.2, 0) is 11.3 Å². The number of benzene rings is 1. The van der Waals surface area contributed by atoms with Gasteiger partial charge in [-0.2, -0.15) is 0 Å². The molecule has 1 aromatic heterocycles. The van der Waals surface area contributed by atoms with Gasteiger partial charge in [-0.05, 0) is 48.4 Å². The molecule has 1 fully saturated rings. The number of carbonyl (C=O) groups excluding carboxylic acids is 1. The fourth-order valence-electron chi connectivity index (χ4n) is 2.34. The highest BCUT2D eigenvalue weighted by molar-refractivity contribution is 8.26. The van der Waals surface area contributed by atoms with Crippen LogP contribution in [0.15, 0.2) is 45.9 Å². The molecule has 0 radical (unpaired) electrons. The third-order valence-electron chi connectivity index (χ3n) is 3.48. The molecule has 1 aliphatic rings. The lowest BCUT2D eigenvalue weighted by Crippen LogP contribution is -2.27. The van der Waals surface area contributed by atoms with E-state index < -0.39 is 0 Å². The van der Waals surface area contributed by atoms with E-state index in [1.807, 2.05) is 37.3 Å². The predicted octanol–water partition coefficient (Wildman–Crippen LogP) is 4.00. The zero-order valence-electron chi connectivity index (χ0n) is 12.7. The van der Waals surface area contributed by atoms with E-state index in [9.17, 15) is 4.79 Å². The number of furan rings is 1. The maximum atomic E-state index is 12.5. The molecule has 6 heteroatoms. The first-order valence-corrected chi connectivity index (χ1v) is 8.23. The van der Waals surface area contributed by atoms with Gasteiger partial charge in [0.15, 0.2) is 0 Å². The largest absolute Gasteiger partial charge is 0.496 e. The molecule has 3 rings (SSSR count). The minimum absolute atomic E-state index is 0.0927.